The Hall–Kier alpha value is -1.75. The predicted octanol–water partition coefficient (Wildman–Crippen LogP) is 3.55. The Morgan fingerprint density at radius 3 is 2.83 bits per heavy atom. The van der Waals surface area contributed by atoms with Crippen molar-refractivity contribution in [1.82, 2.24) is 4.90 Å². The van der Waals surface area contributed by atoms with Crippen molar-refractivity contribution in [3.8, 4) is 0 Å². The molecule has 0 saturated carbocycles. The number of aliphatic imine (C=N–C) groups is 1. The molecule has 1 aromatic rings. The molecule has 1 atom stereocenters. The van der Waals surface area contributed by atoms with Gasteiger partial charge in [-0.2, -0.15) is 0 Å². The monoisotopic (exact) mass is 330 g/mol. The molecule has 2 heterocycles. The molecule has 0 bridgehead atoms. The molecule has 0 radical (unpaired) electrons. The van der Waals surface area contributed by atoms with Gasteiger partial charge in [-0.1, -0.05) is 49.0 Å². The average molecular weight is 330 g/mol. The first kappa shape index (κ1) is 16.1. The van der Waals surface area contributed by atoms with E-state index in [-0.39, 0.29) is 12.0 Å². The van der Waals surface area contributed by atoms with Crippen LogP contribution in [0.1, 0.15) is 32.3 Å². The van der Waals surface area contributed by atoms with E-state index in [2.05, 4.69) is 11.8 Å². The van der Waals surface area contributed by atoms with Crippen LogP contribution < -0.4 is 0 Å². The quantitative estimate of drug-likeness (QED) is 0.792. The minimum absolute atomic E-state index is 0.0459. The number of nitrogens with zero attached hydrogens (tertiary/aromatic N) is 2. The largest absolute Gasteiger partial charge is 0.463 e. The smallest absolute Gasteiger partial charge is 0.338 e. The summed E-state index contributed by atoms with van der Waals surface area (Å²) >= 11 is 1.78. The molecular weight excluding hydrogens is 308 g/mol. The van der Waals surface area contributed by atoms with Crippen LogP contribution in [0.25, 0.3) is 5.70 Å². The van der Waals surface area contributed by atoms with Crippen molar-refractivity contribution < 1.29 is 9.53 Å². The Labute approximate surface area is 141 Å². The molecule has 0 aliphatic carbocycles. The second kappa shape index (κ2) is 7.21. The highest BCUT2D eigenvalue weighted by Gasteiger charge is 2.37. The summed E-state index contributed by atoms with van der Waals surface area (Å²) in [7, 11) is 0. The maximum Gasteiger partial charge on any atom is 0.338 e. The third-order valence-electron chi connectivity index (χ3n) is 4.12. The molecule has 122 valence electrons. The van der Waals surface area contributed by atoms with Crippen molar-refractivity contribution in [2.75, 3.05) is 18.9 Å². The first-order valence-electron chi connectivity index (χ1n) is 8.21. The third kappa shape index (κ3) is 3.15. The van der Waals surface area contributed by atoms with Gasteiger partial charge in [0.05, 0.1) is 23.9 Å². The maximum atomic E-state index is 12.6. The van der Waals surface area contributed by atoms with Crippen LogP contribution in [-0.2, 0) is 9.53 Å². The fourth-order valence-electron chi connectivity index (χ4n) is 3.11. The molecular formula is C18H22N2O2S. The number of fused-ring (bicyclic) bond motifs is 1. The van der Waals surface area contributed by atoms with Gasteiger partial charge in [0.2, 0.25) is 0 Å². The standard InChI is InChI=1S/C18H22N2O2S/c1-3-14-15(17(21)22-4-2)16(13-9-6-5-7-10-13)19-18-20(14)11-8-12-23-18/h5-7,9-10,14H,3-4,8,11-12H2,1-2H3/t14-/m0/s1. The fraction of sp³-hybridized carbons (Fsp3) is 0.444. The lowest BCUT2D eigenvalue weighted by Crippen LogP contribution is -2.47. The molecule has 4 nitrogen and oxygen atoms in total. The molecule has 0 unspecified atom stereocenters. The van der Waals surface area contributed by atoms with Crippen LogP contribution in [0.15, 0.2) is 40.9 Å². The van der Waals surface area contributed by atoms with Crippen LogP contribution in [0.2, 0.25) is 0 Å². The lowest BCUT2D eigenvalue weighted by Gasteiger charge is -2.40. The normalized spacial score (nSPS) is 20.9. The number of hydrogen-bond donors (Lipinski definition) is 0. The summed E-state index contributed by atoms with van der Waals surface area (Å²) in [6.45, 7) is 5.30. The third-order valence-corrected chi connectivity index (χ3v) is 5.20. The Bertz CT molecular complexity index is 640. The number of amidine groups is 1. The predicted molar refractivity (Wildman–Crippen MR) is 95.3 cm³/mol. The van der Waals surface area contributed by atoms with Crippen molar-refractivity contribution in [3.05, 3.63) is 41.5 Å². The zero-order valence-electron chi connectivity index (χ0n) is 13.6. The van der Waals surface area contributed by atoms with Crippen LogP contribution >= 0.6 is 11.8 Å². The lowest BCUT2D eigenvalue weighted by molar-refractivity contribution is -0.139. The van der Waals surface area contributed by atoms with Crippen molar-refractivity contribution in [2.45, 2.75) is 32.7 Å². The molecule has 0 amide bonds. The van der Waals surface area contributed by atoms with Gasteiger partial charge in [-0.15, -0.1) is 0 Å². The first-order chi connectivity index (χ1) is 11.3. The van der Waals surface area contributed by atoms with Crippen molar-refractivity contribution in [1.29, 1.82) is 0 Å². The molecule has 23 heavy (non-hydrogen) atoms. The summed E-state index contributed by atoms with van der Waals surface area (Å²) in [5, 5.41) is 1.04. The molecule has 0 spiro atoms. The van der Waals surface area contributed by atoms with E-state index < -0.39 is 0 Å². The van der Waals surface area contributed by atoms with Crippen LogP contribution in [0.5, 0.6) is 0 Å². The fourth-order valence-corrected chi connectivity index (χ4v) is 4.11. The highest BCUT2D eigenvalue weighted by atomic mass is 32.2. The number of benzene rings is 1. The summed E-state index contributed by atoms with van der Waals surface area (Å²) in [6.07, 6.45) is 1.99. The summed E-state index contributed by atoms with van der Waals surface area (Å²) in [4.78, 5) is 19.8. The number of ether oxygens (including phenoxy) is 1. The molecule has 1 aromatic carbocycles. The molecule has 0 N–H and O–H groups in total. The zero-order chi connectivity index (χ0) is 16.2. The van der Waals surface area contributed by atoms with E-state index in [1.807, 2.05) is 37.3 Å². The van der Waals surface area contributed by atoms with Crippen LogP contribution in [0.4, 0.5) is 0 Å². The second-order valence-corrected chi connectivity index (χ2v) is 6.62. The van der Waals surface area contributed by atoms with Gasteiger partial charge in [-0.25, -0.2) is 9.79 Å². The number of carbonyl (C=O) groups is 1. The van der Waals surface area contributed by atoms with E-state index in [4.69, 9.17) is 9.73 Å². The SMILES string of the molecule is CCOC(=O)C1=C(c2ccccc2)N=C2SCCCN2[C@H]1CC. The van der Waals surface area contributed by atoms with Gasteiger partial charge in [0.25, 0.3) is 0 Å². The average Bonchev–Trinajstić information content (AvgIpc) is 2.61. The highest BCUT2D eigenvalue weighted by molar-refractivity contribution is 8.13. The first-order valence-corrected chi connectivity index (χ1v) is 9.19. The number of rotatable bonds is 4. The molecule has 2 aliphatic rings. The van der Waals surface area contributed by atoms with E-state index in [0.717, 1.165) is 41.6 Å². The molecule has 3 rings (SSSR count). The molecule has 2 aliphatic heterocycles. The summed E-state index contributed by atoms with van der Waals surface area (Å²) < 4.78 is 5.35. The van der Waals surface area contributed by atoms with E-state index >= 15 is 0 Å². The number of esters is 1. The lowest BCUT2D eigenvalue weighted by atomic mass is 9.95. The topological polar surface area (TPSA) is 41.9 Å². The van der Waals surface area contributed by atoms with Crippen molar-refractivity contribution >= 4 is 28.6 Å². The number of thioether (sulfide) groups is 1. The Kier molecular flexibility index (Phi) is 5.06. The summed E-state index contributed by atoms with van der Waals surface area (Å²) in [5.74, 6) is 0.847. The van der Waals surface area contributed by atoms with Gasteiger partial charge in [-0.3, -0.25) is 0 Å². The van der Waals surface area contributed by atoms with Gasteiger partial charge in [-0.05, 0) is 19.8 Å². The molecule has 1 saturated heterocycles. The van der Waals surface area contributed by atoms with Gasteiger partial charge >= 0.3 is 5.97 Å². The highest BCUT2D eigenvalue weighted by Crippen LogP contribution is 2.36. The molecule has 5 heteroatoms. The van der Waals surface area contributed by atoms with E-state index in [0.29, 0.717) is 12.2 Å². The van der Waals surface area contributed by atoms with Crippen molar-refractivity contribution in [2.24, 2.45) is 4.99 Å². The van der Waals surface area contributed by atoms with Crippen LogP contribution in [0.3, 0.4) is 0 Å². The molecule has 0 aromatic heterocycles. The Morgan fingerprint density at radius 2 is 2.13 bits per heavy atom. The second-order valence-electron chi connectivity index (χ2n) is 5.56. The summed E-state index contributed by atoms with van der Waals surface area (Å²) in [6, 6.07) is 10.00. The van der Waals surface area contributed by atoms with Crippen LogP contribution in [-0.4, -0.2) is 41.0 Å². The Balaban J connectivity index is 2.13. The van der Waals surface area contributed by atoms with Gasteiger partial charge in [0.1, 0.15) is 0 Å². The number of carbonyl (C=O) groups excluding carboxylic acids is 1. The maximum absolute atomic E-state index is 12.6. The Morgan fingerprint density at radius 1 is 1.35 bits per heavy atom. The minimum Gasteiger partial charge on any atom is -0.463 e. The summed E-state index contributed by atoms with van der Waals surface area (Å²) in [5.41, 5.74) is 2.45. The number of hydrogen-bond acceptors (Lipinski definition) is 5. The van der Waals surface area contributed by atoms with E-state index in [1.54, 1.807) is 11.8 Å². The van der Waals surface area contributed by atoms with Gasteiger partial charge < -0.3 is 9.64 Å². The van der Waals surface area contributed by atoms with E-state index in [1.165, 1.54) is 0 Å². The van der Waals surface area contributed by atoms with Gasteiger partial charge in [0, 0.05) is 17.9 Å². The van der Waals surface area contributed by atoms with E-state index in [9.17, 15) is 4.79 Å². The zero-order valence-corrected chi connectivity index (χ0v) is 14.4. The van der Waals surface area contributed by atoms with Crippen LogP contribution in [0, 0.1) is 0 Å². The van der Waals surface area contributed by atoms with Gasteiger partial charge in [0.15, 0.2) is 5.17 Å². The van der Waals surface area contributed by atoms with Crippen molar-refractivity contribution in [3.63, 3.8) is 0 Å². The minimum atomic E-state index is -0.239. The molecule has 1 fully saturated rings.